The topological polar surface area (TPSA) is 142 Å². The Balaban J connectivity index is 0.000000331. The number of piperidine rings is 1. The van der Waals surface area contributed by atoms with Crippen molar-refractivity contribution < 1.29 is 60.4 Å². The fourth-order valence-corrected chi connectivity index (χ4v) is 4.92. The van der Waals surface area contributed by atoms with Crippen molar-refractivity contribution >= 4 is 34.6 Å². The molecule has 2 N–H and O–H groups in total. The van der Waals surface area contributed by atoms with Gasteiger partial charge in [0.2, 0.25) is 0 Å². The Hall–Kier alpha value is -4.83. The van der Waals surface area contributed by atoms with E-state index in [1.807, 2.05) is 17.0 Å². The van der Waals surface area contributed by atoms with E-state index in [-0.39, 0.29) is 11.4 Å². The summed E-state index contributed by atoms with van der Waals surface area (Å²) in [4.78, 5) is 44.5. The predicted molar refractivity (Wildman–Crippen MR) is 146 cm³/mol. The highest BCUT2D eigenvalue weighted by atomic mass is 19.4. The molecule has 0 radical (unpaired) electrons. The van der Waals surface area contributed by atoms with E-state index in [0.717, 1.165) is 49.1 Å². The second kappa shape index (κ2) is 13.9. The summed E-state index contributed by atoms with van der Waals surface area (Å²) < 4.78 is 74.3. The Labute approximate surface area is 252 Å². The minimum atomic E-state index is -5.08. The number of carbonyl (C=O) groups is 3. The lowest BCUT2D eigenvalue weighted by Crippen LogP contribution is -2.68. The lowest BCUT2D eigenvalue weighted by molar-refractivity contribution is -0.193. The Morgan fingerprint density at radius 3 is 1.93 bits per heavy atom. The number of carbonyl (C=O) groups excluding carboxylic acids is 1. The number of likely N-dealkylation sites (tertiary alicyclic amines) is 1. The summed E-state index contributed by atoms with van der Waals surface area (Å²) in [5, 5.41) is 14.2. The first-order valence-electron chi connectivity index (χ1n) is 13.1. The Bertz CT molecular complexity index is 1510. The molecular formula is C28H28F6N4O7. The average Bonchev–Trinajstić information content (AvgIpc) is 2.99. The second-order valence-corrected chi connectivity index (χ2v) is 9.86. The molecule has 1 atom stereocenters. The van der Waals surface area contributed by atoms with Crippen molar-refractivity contribution in [1.82, 2.24) is 14.9 Å². The number of rotatable bonds is 4. The number of nitrogens with zero attached hydrogens (tertiary/aromatic N) is 4. The average molecular weight is 647 g/mol. The zero-order valence-corrected chi connectivity index (χ0v) is 23.9. The molecule has 3 aromatic rings. The number of benzene rings is 2. The van der Waals surface area contributed by atoms with Gasteiger partial charge in [0, 0.05) is 37.7 Å². The molecule has 3 heterocycles. The highest BCUT2D eigenvalue weighted by Crippen LogP contribution is 2.43. The molecule has 0 saturated carbocycles. The molecule has 11 nitrogen and oxygen atoms in total. The van der Waals surface area contributed by atoms with Crippen LogP contribution in [0.25, 0.3) is 11.0 Å². The van der Waals surface area contributed by atoms with Gasteiger partial charge < -0.3 is 29.5 Å². The predicted octanol–water partition coefficient (Wildman–Crippen LogP) is 4.80. The standard InChI is InChI=1S/C24H26N4O3.2C2HF3O2/c1-30-18-5-7-22(31-2)19(15-18)23(29)27-12-3-8-24(16-27)9-13-28(24)17-4-6-20-21(14-17)26-11-10-25-20;2*3-2(4,5)1(6)7/h4-7,10-11,14-15H,3,8-9,12-13,16H2,1-2H3;2*(H,6,7). The third-order valence-corrected chi connectivity index (χ3v) is 7.10. The zero-order chi connectivity index (χ0) is 33.6. The largest absolute Gasteiger partial charge is 0.497 e. The van der Waals surface area contributed by atoms with Gasteiger partial charge in [0.05, 0.1) is 36.4 Å². The summed E-state index contributed by atoms with van der Waals surface area (Å²) in [6, 6.07) is 11.6. The van der Waals surface area contributed by atoms with E-state index >= 15 is 0 Å². The van der Waals surface area contributed by atoms with Crippen LogP contribution in [0.4, 0.5) is 32.0 Å². The van der Waals surface area contributed by atoms with Gasteiger partial charge in [0.15, 0.2) is 0 Å². The smallest absolute Gasteiger partial charge is 0.490 e. The number of halogens is 6. The maximum Gasteiger partial charge on any atom is 0.490 e. The number of amides is 1. The van der Waals surface area contributed by atoms with Crippen molar-refractivity contribution in [1.29, 1.82) is 0 Å². The van der Waals surface area contributed by atoms with Crippen LogP contribution in [-0.4, -0.2) is 94.7 Å². The van der Waals surface area contributed by atoms with Crippen molar-refractivity contribution in [2.45, 2.75) is 37.2 Å². The van der Waals surface area contributed by atoms with E-state index in [1.54, 1.807) is 38.7 Å². The normalized spacial score (nSPS) is 17.7. The van der Waals surface area contributed by atoms with Gasteiger partial charge in [-0.25, -0.2) is 9.59 Å². The van der Waals surface area contributed by atoms with E-state index < -0.39 is 24.3 Å². The first-order valence-corrected chi connectivity index (χ1v) is 13.1. The fourth-order valence-electron chi connectivity index (χ4n) is 4.92. The van der Waals surface area contributed by atoms with E-state index in [4.69, 9.17) is 29.3 Å². The number of carboxylic acid groups (broad SMARTS) is 2. The molecule has 0 bridgehead atoms. The second-order valence-electron chi connectivity index (χ2n) is 9.86. The van der Waals surface area contributed by atoms with Crippen LogP contribution in [0.3, 0.4) is 0 Å². The lowest BCUT2D eigenvalue weighted by atomic mass is 9.77. The Morgan fingerprint density at radius 2 is 1.42 bits per heavy atom. The molecule has 2 aliphatic rings. The summed E-state index contributed by atoms with van der Waals surface area (Å²) in [6.07, 6.45) is -3.61. The van der Waals surface area contributed by atoms with Crippen molar-refractivity contribution in [2.24, 2.45) is 0 Å². The molecule has 2 saturated heterocycles. The monoisotopic (exact) mass is 646 g/mol. The number of alkyl halides is 6. The van der Waals surface area contributed by atoms with Gasteiger partial charge in [-0.1, -0.05) is 0 Å². The molecule has 0 aliphatic carbocycles. The van der Waals surface area contributed by atoms with Crippen LogP contribution in [0.2, 0.25) is 0 Å². The van der Waals surface area contributed by atoms with Crippen LogP contribution in [-0.2, 0) is 9.59 Å². The maximum atomic E-state index is 13.4. The third kappa shape index (κ3) is 8.42. The van der Waals surface area contributed by atoms with Gasteiger partial charge in [0.25, 0.3) is 5.91 Å². The first kappa shape index (κ1) is 34.7. The minimum absolute atomic E-state index is 0.00828. The van der Waals surface area contributed by atoms with Gasteiger partial charge in [-0.05, 0) is 55.7 Å². The number of aromatic nitrogens is 2. The molecule has 1 aromatic heterocycles. The van der Waals surface area contributed by atoms with E-state index in [2.05, 4.69) is 27.0 Å². The molecular weight excluding hydrogens is 618 g/mol. The van der Waals surface area contributed by atoms with Gasteiger partial charge in [-0.3, -0.25) is 14.8 Å². The van der Waals surface area contributed by atoms with Crippen LogP contribution in [0, 0.1) is 0 Å². The van der Waals surface area contributed by atoms with Crippen LogP contribution in [0.15, 0.2) is 48.8 Å². The highest BCUT2D eigenvalue weighted by Gasteiger charge is 2.48. The molecule has 45 heavy (non-hydrogen) atoms. The number of aliphatic carboxylic acids is 2. The van der Waals surface area contributed by atoms with Gasteiger partial charge >= 0.3 is 24.3 Å². The van der Waals surface area contributed by atoms with Crippen molar-refractivity contribution in [3.05, 3.63) is 54.4 Å². The molecule has 1 unspecified atom stereocenters. The number of hydrogen-bond donors (Lipinski definition) is 2. The number of hydrogen-bond acceptors (Lipinski definition) is 8. The third-order valence-electron chi connectivity index (χ3n) is 7.10. The lowest BCUT2D eigenvalue weighted by Gasteiger charge is -2.58. The summed E-state index contributed by atoms with van der Waals surface area (Å²) >= 11 is 0. The Morgan fingerprint density at radius 1 is 0.822 bits per heavy atom. The maximum absolute atomic E-state index is 13.4. The van der Waals surface area contributed by atoms with Crippen LogP contribution >= 0.6 is 0 Å². The van der Waals surface area contributed by atoms with Crippen molar-refractivity contribution in [3.8, 4) is 11.5 Å². The molecule has 1 spiro atoms. The number of methoxy groups -OCH3 is 2. The molecule has 5 rings (SSSR count). The van der Waals surface area contributed by atoms with E-state index in [1.165, 1.54) is 0 Å². The van der Waals surface area contributed by atoms with Gasteiger partial charge in [0.1, 0.15) is 11.5 Å². The number of carboxylic acids is 2. The van der Waals surface area contributed by atoms with Crippen molar-refractivity contribution in [2.75, 3.05) is 38.8 Å². The molecule has 2 fully saturated rings. The number of fused-ring (bicyclic) bond motifs is 1. The summed E-state index contributed by atoms with van der Waals surface area (Å²) in [6.45, 7) is 2.43. The van der Waals surface area contributed by atoms with E-state index in [0.29, 0.717) is 23.6 Å². The summed E-state index contributed by atoms with van der Waals surface area (Å²) in [5.41, 5.74) is 3.45. The van der Waals surface area contributed by atoms with Crippen LogP contribution < -0.4 is 14.4 Å². The van der Waals surface area contributed by atoms with Crippen LogP contribution in [0.1, 0.15) is 29.6 Å². The number of ether oxygens (including phenoxy) is 2. The molecule has 1 amide bonds. The Kier molecular flexibility index (Phi) is 10.7. The summed E-state index contributed by atoms with van der Waals surface area (Å²) in [7, 11) is 3.19. The van der Waals surface area contributed by atoms with Crippen molar-refractivity contribution in [3.63, 3.8) is 0 Å². The first-order chi connectivity index (χ1) is 21.0. The molecule has 2 aromatic carbocycles. The van der Waals surface area contributed by atoms with E-state index in [9.17, 15) is 31.1 Å². The molecule has 2 aliphatic heterocycles. The van der Waals surface area contributed by atoms with Gasteiger partial charge in [-0.15, -0.1) is 0 Å². The van der Waals surface area contributed by atoms with Gasteiger partial charge in [-0.2, -0.15) is 26.3 Å². The quantitative estimate of drug-likeness (QED) is 0.380. The number of anilines is 1. The minimum Gasteiger partial charge on any atom is -0.497 e. The summed E-state index contributed by atoms with van der Waals surface area (Å²) in [5.74, 6) is -4.30. The molecule has 244 valence electrons. The fraction of sp³-hybridized carbons (Fsp3) is 0.393. The zero-order valence-electron chi connectivity index (χ0n) is 23.9. The SMILES string of the molecule is COc1ccc(OC)c(C(=O)N2CCCC3(CCN3c3ccc4nccnc4c3)C2)c1.O=C(O)C(F)(F)F.O=C(O)C(F)(F)F. The van der Waals surface area contributed by atoms with Crippen LogP contribution in [0.5, 0.6) is 11.5 Å². The highest BCUT2D eigenvalue weighted by molar-refractivity contribution is 5.97. The molecule has 17 heteroatoms.